The van der Waals surface area contributed by atoms with Gasteiger partial charge in [0.05, 0.1) is 0 Å². The summed E-state index contributed by atoms with van der Waals surface area (Å²) in [5.74, 6) is 0.518. The first kappa shape index (κ1) is 16.6. The SMILES string of the molecule is CC.CC.NS(=O)Oc1ccc2ccccc2c1. The molecule has 0 aliphatic rings. The van der Waals surface area contributed by atoms with E-state index in [9.17, 15) is 4.21 Å². The van der Waals surface area contributed by atoms with Crippen molar-refractivity contribution in [2.75, 3.05) is 0 Å². The van der Waals surface area contributed by atoms with Crippen molar-refractivity contribution in [3.05, 3.63) is 42.5 Å². The summed E-state index contributed by atoms with van der Waals surface area (Å²) >= 11 is -1.76. The second kappa shape index (κ2) is 9.62. The number of fused-ring (bicyclic) bond motifs is 1. The van der Waals surface area contributed by atoms with Gasteiger partial charge in [0.2, 0.25) is 0 Å². The molecule has 2 rings (SSSR count). The fourth-order valence-corrected chi connectivity index (χ4v) is 1.61. The van der Waals surface area contributed by atoms with E-state index < -0.39 is 11.3 Å². The predicted octanol–water partition coefficient (Wildman–Crippen LogP) is 3.81. The topological polar surface area (TPSA) is 52.3 Å². The Morgan fingerprint density at radius 2 is 1.50 bits per heavy atom. The molecule has 0 aromatic heterocycles. The molecule has 2 aromatic rings. The smallest absolute Gasteiger partial charge is 0.285 e. The third-order valence-electron chi connectivity index (χ3n) is 1.90. The highest BCUT2D eigenvalue weighted by atomic mass is 32.2. The lowest BCUT2D eigenvalue weighted by Gasteiger charge is -2.02. The van der Waals surface area contributed by atoms with Crippen LogP contribution < -0.4 is 9.32 Å². The van der Waals surface area contributed by atoms with E-state index in [0.717, 1.165) is 10.8 Å². The lowest BCUT2D eigenvalue weighted by atomic mass is 10.1. The fourth-order valence-electron chi connectivity index (χ4n) is 1.31. The maximum absolute atomic E-state index is 10.6. The third kappa shape index (κ3) is 5.29. The average Bonchev–Trinajstić information content (AvgIpc) is 2.42. The van der Waals surface area contributed by atoms with E-state index >= 15 is 0 Å². The molecule has 0 bridgehead atoms. The Morgan fingerprint density at radius 3 is 2.06 bits per heavy atom. The number of hydrogen-bond donors (Lipinski definition) is 1. The molecule has 0 amide bonds. The van der Waals surface area contributed by atoms with Gasteiger partial charge < -0.3 is 4.18 Å². The zero-order valence-electron chi connectivity index (χ0n) is 11.3. The third-order valence-corrected chi connectivity index (χ3v) is 2.26. The molecular weight excluding hydrogens is 246 g/mol. The van der Waals surface area contributed by atoms with E-state index in [1.807, 2.05) is 58.0 Å². The van der Waals surface area contributed by atoms with Crippen molar-refractivity contribution >= 4 is 22.0 Å². The number of rotatable bonds is 2. The van der Waals surface area contributed by atoms with Crippen LogP contribution in [0.1, 0.15) is 27.7 Å². The van der Waals surface area contributed by atoms with Gasteiger partial charge in [-0.3, -0.25) is 0 Å². The quantitative estimate of drug-likeness (QED) is 0.899. The first-order valence-corrected chi connectivity index (χ1v) is 7.23. The van der Waals surface area contributed by atoms with Crippen LogP contribution >= 0.6 is 0 Å². The van der Waals surface area contributed by atoms with Crippen LogP contribution in [0.4, 0.5) is 0 Å². The molecule has 0 fully saturated rings. The van der Waals surface area contributed by atoms with Crippen molar-refractivity contribution in [1.82, 2.24) is 0 Å². The highest BCUT2D eigenvalue weighted by Gasteiger charge is 1.98. The van der Waals surface area contributed by atoms with Crippen LogP contribution in [0.15, 0.2) is 42.5 Å². The molecule has 1 unspecified atom stereocenters. The maximum Gasteiger partial charge on any atom is 0.285 e. The molecule has 0 radical (unpaired) electrons. The van der Waals surface area contributed by atoms with Gasteiger partial charge in [0.25, 0.3) is 11.3 Å². The van der Waals surface area contributed by atoms with Gasteiger partial charge >= 0.3 is 0 Å². The van der Waals surface area contributed by atoms with Gasteiger partial charge in [0, 0.05) is 0 Å². The maximum atomic E-state index is 10.6. The number of benzene rings is 2. The Hall–Kier alpha value is -1.39. The molecule has 0 spiro atoms. The molecule has 2 N–H and O–H groups in total. The summed E-state index contributed by atoms with van der Waals surface area (Å²) < 4.78 is 15.5. The Balaban J connectivity index is 0.000000659. The van der Waals surface area contributed by atoms with Crippen molar-refractivity contribution in [3.8, 4) is 5.75 Å². The summed E-state index contributed by atoms with van der Waals surface area (Å²) in [6, 6.07) is 13.3. The van der Waals surface area contributed by atoms with Gasteiger partial charge in [-0.1, -0.05) is 58.0 Å². The molecule has 0 aliphatic heterocycles. The fraction of sp³-hybridized carbons (Fsp3) is 0.286. The lowest BCUT2D eigenvalue weighted by Crippen LogP contribution is -2.09. The predicted molar refractivity (Wildman–Crippen MR) is 79.6 cm³/mol. The van der Waals surface area contributed by atoms with Gasteiger partial charge in [-0.15, -0.1) is 0 Å². The number of hydrogen-bond acceptors (Lipinski definition) is 2. The van der Waals surface area contributed by atoms with E-state index in [1.54, 1.807) is 12.1 Å². The Kier molecular flexibility index (Phi) is 8.88. The van der Waals surface area contributed by atoms with Crippen molar-refractivity contribution in [2.24, 2.45) is 5.14 Å². The molecule has 3 nitrogen and oxygen atoms in total. The second-order valence-electron chi connectivity index (χ2n) is 2.85. The van der Waals surface area contributed by atoms with E-state index in [4.69, 9.17) is 9.32 Å². The largest absolute Gasteiger partial charge is 0.389 e. The zero-order valence-corrected chi connectivity index (χ0v) is 12.2. The van der Waals surface area contributed by atoms with Gasteiger partial charge in [0.15, 0.2) is 0 Å². The first-order valence-electron chi connectivity index (χ1n) is 6.09. The molecule has 100 valence electrons. The van der Waals surface area contributed by atoms with Crippen LogP contribution in [0.2, 0.25) is 0 Å². The Labute approximate surface area is 112 Å². The lowest BCUT2D eigenvalue weighted by molar-refractivity contribution is 0.564. The molecule has 0 saturated heterocycles. The molecule has 0 heterocycles. The van der Waals surface area contributed by atoms with Gasteiger partial charge in [-0.25, -0.2) is 5.14 Å². The highest BCUT2D eigenvalue weighted by molar-refractivity contribution is 7.78. The molecule has 18 heavy (non-hydrogen) atoms. The van der Waals surface area contributed by atoms with Crippen LogP contribution in [-0.2, 0) is 11.3 Å². The van der Waals surface area contributed by atoms with Crippen LogP contribution in [0.25, 0.3) is 10.8 Å². The average molecular weight is 267 g/mol. The molecule has 2 aromatic carbocycles. The van der Waals surface area contributed by atoms with Gasteiger partial charge in [0.1, 0.15) is 5.75 Å². The summed E-state index contributed by atoms with van der Waals surface area (Å²) in [6.45, 7) is 8.00. The first-order chi connectivity index (χ1) is 8.75. The molecule has 0 aliphatic carbocycles. The second-order valence-corrected chi connectivity index (χ2v) is 3.54. The van der Waals surface area contributed by atoms with Crippen molar-refractivity contribution in [3.63, 3.8) is 0 Å². The monoisotopic (exact) mass is 267 g/mol. The summed E-state index contributed by atoms with van der Waals surface area (Å²) in [4.78, 5) is 0. The van der Waals surface area contributed by atoms with E-state index in [-0.39, 0.29) is 0 Å². The highest BCUT2D eigenvalue weighted by Crippen LogP contribution is 2.20. The van der Waals surface area contributed by atoms with E-state index in [2.05, 4.69) is 0 Å². The van der Waals surface area contributed by atoms with Gasteiger partial charge in [-0.05, 0) is 22.9 Å². The van der Waals surface area contributed by atoms with E-state index in [1.165, 1.54) is 0 Å². The summed E-state index contributed by atoms with van der Waals surface area (Å²) in [7, 11) is 0. The van der Waals surface area contributed by atoms with Crippen molar-refractivity contribution in [1.29, 1.82) is 0 Å². The van der Waals surface area contributed by atoms with Crippen LogP contribution in [-0.4, -0.2) is 4.21 Å². The summed E-state index contributed by atoms with van der Waals surface area (Å²) in [6.07, 6.45) is 0. The summed E-state index contributed by atoms with van der Waals surface area (Å²) in [5.41, 5.74) is 0. The molecule has 4 heteroatoms. The van der Waals surface area contributed by atoms with Crippen molar-refractivity contribution < 1.29 is 8.39 Å². The van der Waals surface area contributed by atoms with Crippen LogP contribution in [0.3, 0.4) is 0 Å². The van der Waals surface area contributed by atoms with Crippen LogP contribution in [0, 0.1) is 0 Å². The minimum Gasteiger partial charge on any atom is -0.389 e. The summed E-state index contributed by atoms with van der Waals surface area (Å²) in [5, 5.41) is 7.17. The minimum absolute atomic E-state index is 0.518. The van der Waals surface area contributed by atoms with Crippen LogP contribution in [0.5, 0.6) is 5.75 Å². The molecule has 0 saturated carbocycles. The minimum atomic E-state index is -1.76. The standard InChI is InChI=1S/C10H9NO2S.2C2H6/c11-14(12)13-10-6-5-8-3-1-2-4-9(8)7-10;2*1-2/h1-7H,11H2;2*1-2H3. The Bertz CT molecular complexity index is 486. The van der Waals surface area contributed by atoms with E-state index in [0.29, 0.717) is 5.75 Å². The zero-order chi connectivity index (χ0) is 14.0. The molecule has 1 atom stereocenters. The van der Waals surface area contributed by atoms with Gasteiger partial charge in [-0.2, -0.15) is 4.21 Å². The number of nitrogens with two attached hydrogens (primary N) is 1. The molecular formula is C14H21NO2S. The normalized spacial score (nSPS) is 10.5. The van der Waals surface area contributed by atoms with Crippen molar-refractivity contribution in [2.45, 2.75) is 27.7 Å². The Morgan fingerprint density at radius 1 is 0.944 bits per heavy atom.